The van der Waals surface area contributed by atoms with Gasteiger partial charge in [0.05, 0.1) is 17.7 Å². The Morgan fingerprint density at radius 1 is 1.33 bits per heavy atom. The number of nitrogens with zero attached hydrogens (tertiary/aromatic N) is 4. The van der Waals surface area contributed by atoms with Gasteiger partial charge in [0.2, 0.25) is 5.91 Å². The van der Waals surface area contributed by atoms with Crippen LogP contribution in [0, 0.1) is 13.8 Å². The molecule has 3 heterocycles. The van der Waals surface area contributed by atoms with E-state index in [1.165, 1.54) is 6.20 Å². The highest BCUT2D eigenvalue weighted by Gasteiger charge is 2.34. The third kappa shape index (κ3) is 4.48. The molecule has 2 N–H and O–H groups in total. The summed E-state index contributed by atoms with van der Waals surface area (Å²) in [6, 6.07) is -0.235. The highest BCUT2D eigenvalue weighted by Crippen LogP contribution is 2.22. The molecule has 10 heteroatoms. The Morgan fingerprint density at radius 3 is 2.67 bits per heavy atom. The van der Waals surface area contributed by atoms with Gasteiger partial charge in [0.1, 0.15) is 5.56 Å². The number of aromatic nitrogens is 3. The molecule has 3 rings (SSSR count). The zero-order valence-electron chi connectivity index (χ0n) is 17.7. The summed E-state index contributed by atoms with van der Waals surface area (Å²) in [6.07, 6.45) is 4.42. The van der Waals surface area contributed by atoms with Crippen LogP contribution < -0.4 is 5.73 Å². The maximum atomic E-state index is 13.0. The average Bonchev–Trinajstić information content (AvgIpc) is 3.25. The lowest BCUT2D eigenvalue weighted by molar-refractivity contribution is -0.133. The Balaban J connectivity index is 1.79. The summed E-state index contributed by atoms with van der Waals surface area (Å²) in [6.45, 7) is 6.33. The van der Waals surface area contributed by atoms with E-state index in [-0.39, 0.29) is 35.4 Å². The van der Waals surface area contributed by atoms with Crippen molar-refractivity contribution in [3.8, 4) is 0 Å². The number of sulfone groups is 1. The number of amides is 2. The predicted molar refractivity (Wildman–Crippen MR) is 113 cm³/mol. The Morgan fingerprint density at radius 2 is 2.07 bits per heavy atom. The molecule has 1 atom stereocenters. The summed E-state index contributed by atoms with van der Waals surface area (Å²) in [5, 5.41) is 4.21. The quantitative estimate of drug-likeness (QED) is 0.663. The maximum absolute atomic E-state index is 13.0. The SMILES string of the molecule is CCCCN(C(=O)CCc1c(C)nc2c(C(N)=O)cnn2c1C)C1CCS(=O)(=O)C1. The minimum absolute atomic E-state index is 0.0391. The molecule has 0 aliphatic carbocycles. The first-order valence-corrected chi connectivity index (χ1v) is 12.1. The van der Waals surface area contributed by atoms with E-state index in [4.69, 9.17) is 5.73 Å². The molecule has 1 aliphatic rings. The van der Waals surface area contributed by atoms with Gasteiger partial charge in [0.25, 0.3) is 5.91 Å². The van der Waals surface area contributed by atoms with E-state index < -0.39 is 15.7 Å². The third-order valence-electron chi connectivity index (χ3n) is 5.79. The van der Waals surface area contributed by atoms with E-state index in [9.17, 15) is 18.0 Å². The fraction of sp³-hybridized carbons (Fsp3) is 0.600. The standard InChI is InChI=1S/C20H29N5O4S/c1-4-5-9-24(15-8-10-30(28,29)12-15)18(26)7-6-16-13(2)23-20-17(19(21)27)11-22-25(20)14(16)3/h11,15H,4-10,12H2,1-3H3,(H2,21,27). The summed E-state index contributed by atoms with van der Waals surface area (Å²) in [7, 11) is -3.06. The Labute approximate surface area is 176 Å². The van der Waals surface area contributed by atoms with Crippen LogP contribution in [0.5, 0.6) is 0 Å². The molecule has 0 bridgehead atoms. The lowest BCUT2D eigenvalue weighted by Gasteiger charge is -2.28. The van der Waals surface area contributed by atoms with Crippen LogP contribution in [0.1, 0.15) is 59.9 Å². The van der Waals surface area contributed by atoms with Gasteiger partial charge in [0, 0.05) is 30.4 Å². The molecule has 0 saturated carbocycles. The molecule has 2 amide bonds. The number of nitrogens with two attached hydrogens (primary N) is 1. The van der Waals surface area contributed by atoms with Crippen LogP contribution in [0.2, 0.25) is 0 Å². The minimum Gasteiger partial charge on any atom is -0.365 e. The number of primary amides is 1. The second-order valence-corrected chi connectivity index (χ2v) is 10.1. The third-order valence-corrected chi connectivity index (χ3v) is 7.54. The fourth-order valence-electron chi connectivity index (χ4n) is 4.08. The molecule has 1 fully saturated rings. The minimum atomic E-state index is -3.06. The molecular weight excluding hydrogens is 406 g/mol. The molecule has 1 aliphatic heterocycles. The lowest BCUT2D eigenvalue weighted by Crippen LogP contribution is -2.42. The summed E-state index contributed by atoms with van der Waals surface area (Å²) in [5.41, 5.74) is 8.48. The van der Waals surface area contributed by atoms with E-state index in [0.29, 0.717) is 25.0 Å². The number of fused-ring (bicyclic) bond motifs is 1. The Hall–Kier alpha value is -2.49. The fourth-order valence-corrected chi connectivity index (χ4v) is 5.81. The second kappa shape index (κ2) is 8.71. The van der Waals surface area contributed by atoms with Crippen molar-refractivity contribution in [2.24, 2.45) is 5.73 Å². The average molecular weight is 436 g/mol. The number of aryl methyl sites for hydroxylation is 2. The number of hydrogen-bond donors (Lipinski definition) is 1. The van der Waals surface area contributed by atoms with Crippen molar-refractivity contribution in [3.05, 3.63) is 28.7 Å². The van der Waals surface area contributed by atoms with Crippen LogP contribution in [-0.4, -0.2) is 63.8 Å². The van der Waals surface area contributed by atoms with Gasteiger partial charge in [-0.25, -0.2) is 17.9 Å². The first-order valence-electron chi connectivity index (χ1n) is 10.3. The molecule has 9 nitrogen and oxygen atoms in total. The van der Waals surface area contributed by atoms with Crippen LogP contribution in [0.15, 0.2) is 6.20 Å². The molecule has 2 aromatic rings. The molecule has 1 unspecified atom stereocenters. The van der Waals surface area contributed by atoms with Gasteiger partial charge in [-0.15, -0.1) is 0 Å². The summed E-state index contributed by atoms with van der Waals surface area (Å²) < 4.78 is 25.4. The van der Waals surface area contributed by atoms with Crippen LogP contribution >= 0.6 is 0 Å². The van der Waals surface area contributed by atoms with Crippen LogP contribution in [0.3, 0.4) is 0 Å². The summed E-state index contributed by atoms with van der Waals surface area (Å²) >= 11 is 0. The van der Waals surface area contributed by atoms with Crippen molar-refractivity contribution in [1.82, 2.24) is 19.5 Å². The van der Waals surface area contributed by atoms with Crippen molar-refractivity contribution in [2.45, 2.75) is 58.9 Å². The van der Waals surface area contributed by atoms with Gasteiger partial charge >= 0.3 is 0 Å². The number of rotatable bonds is 8. The summed E-state index contributed by atoms with van der Waals surface area (Å²) in [5.74, 6) is -0.425. The molecule has 2 aromatic heterocycles. The van der Waals surface area contributed by atoms with E-state index in [1.807, 2.05) is 20.8 Å². The van der Waals surface area contributed by atoms with Crippen molar-refractivity contribution < 1.29 is 18.0 Å². The molecule has 1 saturated heterocycles. The monoisotopic (exact) mass is 435 g/mol. The number of hydrogen-bond acceptors (Lipinski definition) is 6. The van der Waals surface area contributed by atoms with Gasteiger partial charge in [-0.1, -0.05) is 13.3 Å². The molecule has 164 valence electrons. The van der Waals surface area contributed by atoms with Crippen molar-refractivity contribution in [3.63, 3.8) is 0 Å². The first-order chi connectivity index (χ1) is 14.1. The molecule has 0 radical (unpaired) electrons. The van der Waals surface area contributed by atoms with E-state index in [0.717, 1.165) is 29.8 Å². The highest BCUT2D eigenvalue weighted by molar-refractivity contribution is 7.91. The number of carbonyl (C=O) groups is 2. The smallest absolute Gasteiger partial charge is 0.254 e. The van der Waals surface area contributed by atoms with Crippen LogP contribution in [0.4, 0.5) is 0 Å². The van der Waals surface area contributed by atoms with E-state index in [2.05, 4.69) is 10.1 Å². The predicted octanol–water partition coefficient (Wildman–Crippen LogP) is 1.19. The van der Waals surface area contributed by atoms with Crippen molar-refractivity contribution in [1.29, 1.82) is 0 Å². The largest absolute Gasteiger partial charge is 0.365 e. The van der Waals surface area contributed by atoms with Gasteiger partial charge in [-0.05, 0) is 38.7 Å². The number of carbonyl (C=O) groups excluding carboxylic acids is 2. The molecular formula is C20H29N5O4S. The maximum Gasteiger partial charge on any atom is 0.254 e. The second-order valence-electron chi connectivity index (χ2n) is 7.92. The molecule has 30 heavy (non-hydrogen) atoms. The highest BCUT2D eigenvalue weighted by atomic mass is 32.2. The van der Waals surface area contributed by atoms with Gasteiger partial charge in [0.15, 0.2) is 15.5 Å². The Bertz CT molecular complexity index is 1080. The molecule has 0 aromatic carbocycles. The van der Waals surface area contributed by atoms with E-state index in [1.54, 1.807) is 9.42 Å². The van der Waals surface area contributed by atoms with Gasteiger partial charge in [-0.3, -0.25) is 9.59 Å². The zero-order chi connectivity index (χ0) is 22.1. The normalized spacial score (nSPS) is 18.0. The Kier molecular flexibility index (Phi) is 6.44. The van der Waals surface area contributed by atoms with Crippen molar-refractivity contribution in [2.75, 3.05) is 18.1 Å². The van der Waals surface area contributed by atoms with Gasteiger partial charge in [-0.2, -0.15) is 5.10 Å². The van der Waals surface area contributed by atoms with Gasteiger partial charge < -0.3 is 10.6 Å². The molecule has 0 spiro atoms. The van der Waals surface area contributed by atoms with Crippen molar-refractivity contribution >= 4 is 27.3 Å². The summed E-state index contributed by atoms with van der Waals surface area (Å²) in [4.78, 5) is 30.8. The van der Waals surface area contributed by atoms with Crippen LogP contribution in [0.25, 0.3) is 5.65 Å². The number of unbranched alkanes of at least 4 members (excludes halogenated alkanes) is 1. The van der Waals surface area contributed by atoms with Crippen LogP contribution in [-0.2, 0) is 21.1 Å². The van der Waals surface area contributed by atoms with E-state index >= 15 is 0 Å². The lowest BCUT2D eigenvalue weighted by atomic mass is 10.0. The first kappa shape index (κ1) is 22.2. The topological polar surface area (TPSA) is 128 Å². The zero-order valence-corrected chi connectivity index (χ0v) is 18.5.